The molecule has 2 aromatic rings. The summed E-state index contributed by atoms with van der Waals surface area (Å²) < 4.78 is 10.1. The Morgan fingerprint density at radius 1 is 1.00 bits per heavy atom. The number of hydrazone groups is 1. The number of carbonyl (C=O) groups is 2. The number of nitrogens with one attached hydrogen (secondary N) is 2. The van der Waals surface area contributed by atoms with Gasteiger partial charge in [-0.3, -0.25) is 9.59 Å². The van der Waals surface area contributed by atoms with Gasteiger partial charge < -0.3 is 14.8 Å². The highest BCUT2D eigenvalue weighted by Gasteiger charge is 2.11. The van der Waals surface area contributed by atoms with Crippen molar-refractivity contribution in [2.75, 3.05) is 14.2 Å². The highest BCUT2D eigenvalue weighted by atomic mass is 16.5. The zero-order chi connectivity index (χ0) is 18.1. The third kappa shape index (κ3) is 5.65. The van der Waals surface area contributed by atoms with E-state index in [0.717, 1.165) is 16.9 Å². The molecule has 0 aliphatic rings. The van der Waals surface area contributed by atoms with Crippen molar-refractivity contribution in [1.82, 2.24) is 10.7 Å². The predicted molar refractivity (Wildman–Crippen MR) is 93.6 cm³/mol. The maximum Gasteiger partial charge on any atom is 0.329 e. The molecule has 2 aromatic carbocycles. The molecule has 0 bridgehead atoms. The van der Waals surface area contributed by atoms with Gasteiger partial charge in [-0.1, -0.05) is 24.3 Å². The first-order valence-corrected chi connectivity index (χ1v) is 7.50. The fourth-order valence-electron chi connectivity index (χ4n) is 1.94. The largest absolute Gasteiger partial charge is 0.497 e. The van der Waals surface area contributed by atoms with Crippen LogP contribution in [-0.2, 0) is 16.1 Å². The molecule has 0 radical (unpaired) electrons. The minimum Gasteiger partial charge on any atom is -0.497 e. The van der Waals surface area contributed by atoms with Gasteiger partial charge in [-0.25, -0.2) is 5.43 Å². The summed E-state index contributed by atoms with van der Waals surface area (Å²) in [5, 5.41) is 6.28. The Hall–Kier alpha value is -3.35. The molecule has 0 aliphatic carbocycles. The number of nitrogens with zero attached hydrogens (tertiary/aromatic N) is 1. The van der Waals surface area contributed by atoms with Crippen molar-refractivity contribution < 1.29 is 19.1 Å². The van der Waals surface area contributed by atoms with Crippen molar-refractivity contribution >= 4 is 18.0 Å². The highest BCUT2D eigenvalue weighted by Crippen LogP contribution is 2.11. The number of hydrogen-bond donors (Lipinski definition) is 2. The molecule has 0 aliphatic heterocycles. The second-order valence-electron chi connectivity index (χ2n) is 5.01. The Bertz CT molecular complexity index is 757. The zero-order valence-electron chi connectivity index (χ0n) is 14.0. The molecule has 0 saturated heterocycles. The maximum atomic E-state index is 11.7. The molecular formula is C18H19N3O4. The van der Waals surface area contributed by atoms with Crippen molar-refractivity contribution in [2.45, 2.75) is 6.54 Å². The van der Waals surface area contributed by atoms with Crippen LogP contribution in [0.2, 0.25) is 0 Å². The van der Waals surface area contributed by atoms with Crippen LogP contribution in [0.25, 0.3) is 0 Å². The summed E-state index contributed by atoms with van der Waals surface area (Å²) >= 11 is 0. The van der Waals surface area contributed by atoms with Crippen LogP contribution >= 0.6 is 0 Å². The lowest BCUT2D eigenvalue weighted by atomic mass is 10.2. The molecule has 25 heavy (non-hydrogen) atoms. The topological polar surface area (TPSA) is 89.0 Å². The van der Waals surface area contributed by atoms with E-state index in [9.17, 15) is 9.59 Å². The molecule has 0 saturated carbocycles. The fraction of sp³-hybridized carbons (Fsp3) is 0.167. The standard InChI is InChI=1S/C18H19N3O4/c1-24-15-8-6-13(7-9-15)11-19-17(22)18(23)21-20-12-14-4-3-5-16(10-14)25-2/h3-10,12H,11H2,1-2H3,(H,19,22)(H,21,23)/b20-12+. The lowest BCUT2D eigenvalue weighted by molar-refractivity contribution is -0.139. The van der Waals surface area contributed by atoms with Gasteiger partial charge in [0.1, 0.15) is 11.5 Å². The Balaban J connectivity index is 1.81. The summed E-state index contributed by atoms with van der Waals surface area (Å²) in [5.74, 6) is -0.210. The average Bonchev–Trinajstić information content (AvgIpc) is 2.66. The summed E-state index contributed by atoms with van der Waals surface area (Å²) in [4.78, 5) is 23.4. The van der Waals surface area contributed by atoms with Crippen LogP contribution in [0, 0.1) is 0 Å². The van der Waals surface area contributed by atoms with Crippen LogP contribution in [0.15, 0.2) is 53.6 Å². The molecule has 0 spiro atoms. The molecule has 0 atom stereocenters. The molecule has 0 aromatic heterocycles. The summed E-state index contributed by atoms with van der Waals surface area (Å²) in [7, 11) is 3.14. The third-order valence-electron chi connectivity index (χ3n) is 3.29. The first-order chi connectivity index (χ1) is 12.1. The van der Waals surface area contributed by atoms with Crippen molar-refractivity contribution in [1.29, 1.82) is 0 Å². The van der Waals surface area contributed by atoms with Gasteiger partial charge in [0.2, 0.25) is 0 Å². The summed E-state index contributed by atoms with van der Waals surface area (Å²) in [6.45, 7) is 0.232. The number of rotatable bonds is 6. The van der Waals surface area contributed by atoms with E-state index < -0.39 is 11.8 Å². The van der Waals surface area contributed by atoms with E-state index >= 15 is 0 Å². The Labute approximate surface area is 145 Å². The number of hydrogen-bond acceptors (Lipinski definition) is 5. The van der Waals surface area contributed by atoms with Gasteiger partial charge in [0, 0.05) is 6.54 Å². The van der Waals surface area contributed by atoms with E-state index in [1.54, 1.807) is 62.8 Å². The quantitative estimate of drug-likeness (QED) is 0.473. The first kappa shape index (κ1) is 18.0. The molecule has 0 unspecified atom stereocenters. The minimum atomic E-state index is -0.840. The first-order valence-electron chi connectivity index (χ1n) is 7.50. The van der Waals surface area contributed by atoms with Crippen LogP contribution < -0.4 is 20.2 Å². The smallest absolute Gasteiger partial charge is 0.329 e. The molecule has 2 rings (SSSR count). The molecule has 0 heterocycles. The lowest BCUT2D eigenvalue weighted by Gasteiger charge is -2.05. The van der Waals surface area contributed by atoms with E-state index in [-0.39, 0.29) is 6.54 Å². The van der Waals surface area contributed by atoms with Crippen molar-refractivity contribution in [3.8, 4) is 11.5 Å². The van der Waals surface area contributed by atoms with Crippen molar-refractivity contribution in [2.24, 2.45) is 5.10 Å². The fourth-order valence-corrected chi connectivity index (χ4v) is 1.94. The number of ether oxygens (including phenoxy) is 2. The molecule has 2 amide bonds. The van der Waals surface area contributed by atoms with Crippen LogP contribution in [0.3, 0.4) is 0 Å². The Morgan fingerprint density at radius 2 is 1.72 bits per heavy atom. The average molecular weight is 341 g/mol. The van der Waals surface area contributed by atoms with Gasteiger partial charge in [0.25, 0.3) is 0 Å². The minimum absolute atomic E-state index is 0.232. The van der Waals surface area contributed by atoms with Crippen molar-refractivity contribution in [3.05, 3.63) is 59.7 Å². The Morgan fingerprint density at radius 3 is 2.40 bits per heavy atom. The number of methoxy groups -OCH3 is 2. The molecule has 0 fully saturated rings. The van der Waals surface area contributed by atoms with Gasteiger partial charge in [-0.2, -0.15) is 5.10 Å². The second kappa shape index (κ2) is 9.07. The highest BCUT2D eigenvalue weighted by molar-refractivity contribution is 6.35. The molecular weight excluding hydrogens is 322 g/mol. The van der Waals surface area contributed by atoms with Crippen LogP contribution in [0.1, 0.15) is 11.1 Å². The number of benzene rings is 2. The van der Waals surface area contributed by atoms with Gasteiger partial charge in [0.05, 0.1) is 20.4 Å². The predicted octanol–water partition coefficient (Wildman–Crippen LogP) is 1.47. The van der Waals surface area contributed by atoms with Gasteiger partial charge >= 0.3 is 11.8 Å². The van der Waals surface area contributed by atoms with E-state index in [1.807, 2.05) is 0 Å². The lowest BCUT2D eigenvalue weighted by Crippen LogP contribution is -2.37. The third-order valence-corrected chi connectivity index (χ3v) is 3.29. The molecule has 7 nitrogen and oxygen atoms in total. The molecule has 2 N–H and O–H groups in total. The SMILES string of the molecule is COc1ccc(CNC(=O)C(=O)N/N=C/c2cccc(OC)c2)cc1. The summed E-state index contributed by atoms with van der Waals surface area (Å²) in [6, 6.07) is 14.3. The number of amides is 2. The summed E-state index contributed by atoms with van der Waals surface area (Å²) in [6.07, 6.45) is 1.43. The molecule has 130 valence electrons. The normalized spacial score (nSPS) is 10.3. The van der Waals surface area contributed by atoms with Crippen LogP contribution in [0.5, 0.6) is 11.5 Å². The second-order valence-corrected chi connectivity index (χ2v) is 5.01. The van der Waals surface area contributed by atoms with Crippen LogP contribution in [0.4, 0.5) is 0 Å². The van der Waals surface area contributed by atoms with E-state index in [0.29, 0.717) is 5.75 Å². The van der Waals surface area contributed by atoms with Gasteiger partial charge in [-0.15, -0.1) is 0 Å². The van der Waals surface area contributed by atoms with E-state index in [2.05, 4.69) is 15.8 Å². The van der Waals surface area contributed by atoms with E-state index in [4.69, 9.17) is 9.47 Å². The summed E-state index contributed by atoms with van der Waals surface area (Å²) in [5.41, 5.74) is 3.76. The van der Waals surface area contributed by atoms with Crippen molar-refractivity contribution in [3.63, 3.8) is 0 Å². The van der Waals surface area contributed by atoms with Crippen LogP contribution in [-0.4, -0.2) is 32.2 Å². The number of carbonyl (C=O) groups excluding carboxylic acids is 2. The molecule has 7 heteroatoms. The monoisotopic (exact) mass is 341 g/mol. The Kier molecular flexibility index (Phi) is 6.53. The van der Waals surface area contributed by atoms with Gasteiger partial charge in [0.15, 0.2) is 0 Å². The van der Waals surface area contributed by atoms with Gasteiger partial charge in [-0.05, 0) is 35.4 Å². The van der Waals surface area contributed by atoms with E-state index in [1.165, 1.54) is 6.21 Å². The zero-order valence-corrected chi connectivity index (χ0v) is 14.0. The maximum absolute atomic E-state index is 11.7.